The fourth-order valence-corrected chi connectivity index (χ4v) is 3.25. The molecule has 0 atom stereocenters. The van der Waals surface area contributed by atoms with Crippen LogP contribution in [0.3, 0.4) is 0 Å². The molecule has 0 spiro atoms. The smallest absolute Gasteiger partial charge is 0.475 e. The summed E-state index contributed by atoms with van der Waals surface area (Å²) in [5.41, 5.74) is 1.14. The van der Waals surface area contributed by atoms with Crippen LogP contribution in [0.15, 0.2) is 46.5 Å². The maximum absolute atomic E-state index is 12.4. The van der Waals surface area contributed by atoms with Crippen molar-refractivity contribution in [3.05, 3.63) is 69.8 Å². The van der Waals surface area contributed by atoms with E-state index in [1.54, 1.807) is 34.6 Å². The van der Waals surface area contributed by atoms with Gasteiger partial charge in [-0.3, -0.25) is 14.6 Å². The number of carboxylic acid groups (broad SMARTS) is 1. The standard InChI is InChI=1S/C17H14N4O3S.C2HF3O2/c22-15(19-8-12-4-2-6-25-12)16-20-13-9-21(10-14(13)24-16)17(23)11-3-1-5-18-7-11;3-2(4,5)1(6)7/h1-7H,8-10H2,(H,19,22);(H,6,7). The number of fused-ring (bicyclic) bond motifs is 1. The zero-order chi connectivity index (χ0) is 23.3. The minimum Gasteiger partial charge on any atom is -0.475 e. The van der Waals surface area contributed by atoms with E-state index < -0.39 is 12.1 Å². The third-order valence-corrected chi connectivity index (χ3v) is 4.97. The SMILES string of the molecule is O=C(NCc1cccs1)c1nc2c(o1)CN(C(=O)c1cccnc1)C2.O=C(O)C(F)(F)F. The first kappa shape index (κ1) is 22.9. The van der Waals surface area contributed by atoms with Crippen LogP contribution in [-0.4, -0.2) is 43.9 Å². The van der Waals surface area contributed by atoms with Gasteiger partial charge in [-0.2, -0.15) is 13.2 Å². The molecule has 168 valence electrons. The van der Waals surface area contributed by atoms with Gasteiger partial charge in [-0.15, -0.1) is 11.3 Å². The molecule has 3 aromatic heterocycles. The predicted molar refractivity (Wildman–Crippen MR) is 103 cm³/mol. The van der Waals surface area contributed by atoms with Crippen LogP contribution in [0.5, 0.6) is 0 Å². The first-order valence-electron chi connectivity index (χ1n) is 8.93. The Morgan fingerprint density at radius 2 is 1.97 bits per heavy atom. The summed E-state index contributed by atoms with van der Waals surface area (Å²) >= 11 is 1.57. The van der Waals surface area contributed by atoms with E-state index in [1.807, 2.05) is 17.5 Å². The van der Waals surface area contributed by atoms with Gasteiger partial charge in [-0.1, -0.05) is 6.07 Å². The number of nitrogens with one attached hydrogen (secondary N) is 1. The number of hydrogen-bond acceptors (Lipinski definition) is 7. The van der Waals surface area contributed by atoms with Gasteiger partial charge in [0.15, 0.2) is 0 Å². The van der Waals surface area contributed by atoms with Crippen LogP contribution >= 0.6 is 11.3 Å². The third-order valence-electron chi connectivity index (χ3n) is 4.09. The Labute approximate surface area is 182 Å². The quantitative estimate of drug-likeness (QED) is 0.603. The molecule has 0 radical (unpaired) electrons. The van der Waals surface area contributed by atoms with Crippen molar-refractivity contribution >= 4 is 29.1 Å². The zero-order valence-electron chi connectivity index (χ0n) is 16.1. The maximum atomic E-state index is 12.4. The molecule has 2 N–H and O–H groups in total. The second kappa shape index (κ2) is 9.60. The van der Waals surface area contributed by atoms with Crippen LogP contribution in [0.4, 0.5) is 13.2 Å². The van der Waals surface area contributed by atoms with Crippen LogP contribution < -0.4 is 5.32 Å². The van der Waals surface area contributed by atoms with Crippen molar-refractivity contribution in [2.75, 3.05) is 0 Å². The van der Waals surface area contributed by atoms with Gasteiger partial charge in [0.1, 0.15) is 11.5 Å². The first-order chi connectivity index (χ1) is 15.1. The highest BCUT2D eigenvalue weighted by Crippen LogP contribution is 2.25. The van der Waals surface area contributed by atoms with Crippen LogP contribution in [0.25, 0.3) is 0 Å². The minimum absolute atomic E-state index is 0.0371. The number of nitrogens with zero attached hydrogens (tertiary/aromatic N) is 3. The molecule has 32 heavy (non-hydrogen) atoms. The van der Waals surface area contributed by atoms with E-state index in [0.29, 0.717) is 36.7 Å². The van der Waals surface area contributed by atoms with E-state index >= 15 is 0 Å². The van der Waals surface area contributed by atoms with Gasteiger partial charge < -0.3 is 19.7 Å². The maximum Gasteiger partial charge on any atom is 0.490 e. The summed E-state index contributed by atoms with van der Waals surface area (Å²) < 4.78 is 37.3. The van der Waals surface area contributed by atoms with Gasteiger partial charge in [0, 0.05) is 17.3 Å². The van der Waals surface area contributed by atoms with Crippen molar-refractivity contribution in [2.24, 2.45) is 0 Å². The predicted octanol–water partition coefficient (Wildman–Crippen LogP) is 2.85. The number of alkyl halides is 3. The molecule has 3 aromatic rings. The summed E-state index contributed by atoms with van der Waals surface area (Å²) in [5.74, 6) is -2.65. The number of amides is 2. The van der Waals surface area contributed by atoms with Crippen LogP contribution in [0.1, 0.15) is 37.4 Å². The molecule has 1 aliphatic heterocycles. The Morgan fingerprint density at radius 1 is 1.22 bits per heavy atom. The Hall–Kier alpha value is -3.74. The summed E-state index contributed by atoms with van der Waals surface area (Å²) in [6.45, 7) is 1.06. The number of carboxylic acids is 1. The second-order valence-corrected chi connectivity index (χ2v) is 7.39. The van der Waals surface area contributed by atoms with Crippen molar-refractivity contribution < 1.29 is 37.1 Å². The van der Waals surface area contributed by atoms with Crippen molar-refractivity contribution in [3.8, 4) is 0 Å². The summed E-state index contributed by atoms with van der Waals surface area (Å²) in [4.78, 5) is 44.3. The molecule has 4 heterocycles. The number of aromatic nitrogens is 2. The number of pyridine rings is 1. The number of hydrogen-bond donors (Lipinski definition) is 2. The molecule has 4 rings (SSSR count). The molecule has 0 saturated heterocycles. The lowest BCUT2D eigenvalue weighted by Gasteiger charge is -2.14. The van der Waals surface area contributed by atoms with E-state index in [9.17, 15) is 22.8 Å². The van der Waals surface area contributed by atoms with Gasteiger partial charge in [-0.05, 0) is 23.6 Å². The van der Waals surface area contributed by atoms with Crippen LogP contribution in [-0.2, 0) is 24.4 Å². The fraction of sp³-hybridized carbons (Fsp3) is 0.211. The van der Waals surface area contributed by atoms with Crippen molar-refractivity contribution in [3.63, 3.8) is 0 Å². The van der Waals surface area contributed by atoms with Gasteiger partial charge in [0.2, 0.25) is 0 Å². The molecular formula is C19H15F3N4O5S. The van der Waals surface area contributed by atoms with E-state index in [1.165, 1.54) is 6.20 Å². The van der Waals surface area contributed by atoms with E-state index in [-0.39, 0.29) is 17.7 Å². The summed E-state index contributed by atoms with van der Waals surface area (Å²) in [5, 5.41) is 11.9. The van der Waals surface area contributed by atoms with E-state index in [2.05, 4.69) is 15.3 Å². The molecule has 0 unspecified atom stereocenters. The first-order valence-corrected chi connectivity index (χ1v) is 9.81. The van der Waals surface area contributed by atoms with Gasteiger partial charge >= 0.3 is 18.1 Å². The van der Waals surface area contributed by atoms with Crippen LogP contribution in [0.2, 0.25) is 0 Å². The highest BCUT2D eigenvalue weighted by atomic mass is 32.1. The number of carbonyl (C=O) groups excluding carboxylic acids is 2. The van der Waals surface area contributed by atoms with Gasteiger partial charge in [0.25, 0.3) is 11.8 Å². The molecular weight excluding hydrogens is 453 g/mol. The lowest BCUT2D eigenvalue weighted by atomic mass is 10.2. The molecule has 0 bridgehead atoms. The average molecular weight is 468 g/mol. The fourth-order valence-electron chi connectivity index (χ4n) is 2.61. The zero-order valence-corrected chi connectivity index (χ0v) is 16.9. The van der Waals surface area contributed by atoms with Crippen molar-refractivity contribution in [1.82, 2.24) is 20.2 Å². The number of aliphatic carboxylic acids is 1. The number of oxazole rings is 1. The summed E-state index contributed by atoms with van der Waals surface area (Å²) in [6.07, 6.45) is -1.94. The molecule has 13 heteroatoms. The Balaban J connectivity index is 0.000000360. The monoisotopic (exact) mass is 468 g/mol. The average Bonchev–Trinajstić information content (AvgIpc) is 3.48. The molecule has 9 nitrogen and oxygen atoms in total. The van der Waals surface area contributed by atoms with Crippen molar-refractivity contribution in [1.29, 1.82) is 0 Å². The number of halogens is 3. The number of carbonyl (C=O) groups is 3. The van der Waals surface area contributed by atoms with E-state index in [0.717, 1.165) is 4.88 Å². The highest BCUT2D eigenvalue weighted by Gasteiger charge is 2.38. The third kappa shape index (κ3) is 5.69. The van der Waals surface area contributed by atoms with Gasteiger partial charge in [-0.25, -0.2) is 9.78 Å². The Kier molecular flexibility index (Phi) is 6.88. The van der Waals surface area contributed by atoms with Gasteiger partial charge in [0.05, 0.1) is 25.2 Å². The highest BCUT2D eigenvalue weighted by molar-refractivity contribution is 7.09. The molecule has 2 amide bonds. The lowest BCUT2D eigenvalue weighted by Crippen LogP contribution is -2.26. The Bertz CT molecular complexity index is 1080. The topological polar surface area (TPSA) is 126 Å². The lowest BCUT2D eigenvalue weighted by molar-refractivity contribution is -0.192. The second-order valence-electron chi connectivity index (χ2n) is 6.36. The molecule has 0 aliphatic carbocycles. The Morgan fingerprint density at radius 3 is 2.53 bits per heavy atom. The van der Waals surface area contributed by atoms with E-state index in [4.69, 9.17) is 14.3 Å². The molecule has 0 fully saturated rings. The van der Waals surface area contributed by atoms with Crippen LogP contribution in [0, 0.1) is 0 Å². The number of thiophene rings is 1. The molecule has 0 aromatic carbocycles. The van der Waals surface area contributed by atoms with Crippen molar-refractivity contribution in [2.45, 2.75) is 25.8 Å². The largest absolute Gasteiger partial charge is 0.490 e. The molecule has 1 aliphatic rings. The molecule has 0 saturated carbocycles. The minimum atomic E-state index is -5.08. The summed E-state index contributed by atoms with van der Waals surface area (Å²) in [6, 6.07) is 7.31. The number of rotatable bonds is 4. The normalized spacial score (nSPS) is 12.5. The summed E-state index contributed by atoms with van der Waals surface area (Å²) in [7, 11) is 0.